The molecule has 23 heavy (non-hydrogen) atoms. The summed E-state index contributed by atoms with van der Waals surface area (Å²) in [7, 11) is 1.62. The number of amides is 1. The predicted octanol–water partition coefficient (Wildman–Crippen LogP) is 4.02. The molecule has 0 saturated heterocycles. The van der Waals surface area contributed by atoms with E-state index in [9.17, 15) is 4.79 Å². The predicted molar refractivity (Wildman–Crippen MR) is 93.9 cm³/mol. The van der Waals surface area contributed by atoms with Crippen LogP contribution in [0.25, 0.3) is 0 Å². The summed E-state index contributed by atoms with van der Waals surface area (Å²) in [6.45, 7) is 3.91. The van der Waals surface area contributed by atoms with Gasteiger partial charge in [0.05, 0.1) is 13.2 Å². The molecule has 0 saturated carbocycles. The van der Waals surface area contributed by atoms with Crippen LogP contribution in [0.3, 0.4) is 0 Å². The van der Waals surface area contributed by atoms with Crippen molar-refractivity contribution in [2.75, 3.05) is 13.7 Å². The Morgan fingerprint density at radius 2 is 1.91 bits per heavy atom. The van der Waals surface area contributed by atoms with E-state index in [1.807, 2.05) is 56.3 Å². The zero-order chi connectivity index (χ0) is 16.8. The van der Waals surface area contributed by atoms with Gasteiger partial charge in [0.25, 0.3) is 5.91 Å². The van der Waals surface area contributed by atoms with Gasteiger partial charge in [0, 0.05) is 10.0 Å². The fourth-order valence-electron chi connectivity index (χ4n) is 2.23. The molecular formula is C18H20BrNO3. The van der Waals surface area contributed by atoms with Gasteiger partial charge in [0.2, 0.25) is 0 Å². The van der Waals surface area contributed by atoms with Crippen molar-refractivity contribution in [3.63, 3.8) is 0 Å². The maximum Gasteiger partial charge on any atom is 0.258 e. The third-order valence-corrected chi connectivity index (χ3v) is 3.94. The molecule has 0 spiro atoms. The van der Waals surface area contributed by atoms with Crippen molar-refractivity contribution in [2.24, 2.45) is 0 Å². The van der Waals surface area contributed by atoms with Gasteiger partial charge in [-0.15, -0.1) is 0 Å². The van der Waals surface area contributed by atoms with Crippen molar-refractivity contribution in [3.05, 3.63) is 58.1 Å². The molecule has 1 N–H and O–H groups in total. The molecule has 0 fully saturated rings. The van der Waals surface area contributed by atoms with Gasteiger partial charge in [0.15, 0.2) is 6.61 Å². The maximum absolute atomic E-state index is 12.1. The second-order valence-corrected chi connectivity index (χ2v) is 6.19. The fraction of sp³-hybridized carbons (Fsp3) is 0.278. The Morgan fingerprint density at radius 1 is 1.22 bits per heavy atom. The van der Waals surface area contributed by atoms with Gasteiger partial charge in [0.1, 0.15) is 11.5 Å². The number of carbonyl (C=O) groups is 1. The smallest absolute Gasteiger partial charge is 0.258 e. The molecule has 0 heterocycles. The molecule has 0 unspecified atom stereocenters. The molecule has 1 atom stereocenters. The normalized spacial score (nSPS) is 11.7. The summed E-state index contributed by atoms with van der Waals surface area (Å²) in [4.78, 5) is 12.1. The van der Waals surface area contributed by atoms with Crippen LogP contribution < -0.4 is 14.8 Å². The number of nitrogens with one attached hydrogen (secondary N) is 1. The largest absolute Gasteiger partial charge is 0.496 e. The highest BCUT2D eigenvalue weighted by Gasteiger charge is 2.14. The van der Waals surface area contributed by atoms with Crippen LogP contribution in [0.2, 0.25) is 0 Å². The van der Waals surface area contributed by atoms with Crippen molar-refractivity contribution in [1.29, 1.82) is 0 Å². The number of hydrogen-bond donors (Lipinski definition) is 1. The van der Waals surface area contributed by atoms with Crippen molar-refractivity contribution < 1.29 is 14.3 Å². The summed E-state index contributed by atoms with van der Waals surface area (Å²) >= 11 is 3.36. The molecule has 5 heteroatoms. The Kier molecular flexibility index (Phi) is 6.04. The van der Waals surface area contributed by atoms with E-state index in [0.29, 0.717) is 5.75 Å². The van der Waals surface area contributed by atoms with Gasteiger partial charge in [-0.05, 0) is 44.2 Å². The molecule has 2 aromatic carbocycles. The van der Waals surface area contributed by atoms with Crippen molar-refractivity contribution in [3.8, 4) is 11.5 Å². The van der Waals surface area contributed by atoms with Crippen LogP contribution in [0.4, 0.5) is 0 Å². The van der Waals surface area contributed by atoms with E-state index in [0.717, 1.165) is 21.3 Å². The number of benzene rings is 2. The third kappa shape index (κ3) is 4.99. The van der Waals surface area contributed by atoms with E-state index in [1.165, 1.54) is 0 Å². The van der Waals surface area contributed by atoms with Crippen LogP contribution in [-0.4, -0.2) is 19.6 Å². The van der Waals surface area contributed by atoms with E-state index in [2.05, 4.69) is 21.2 Å². The number of hydrogen-bond acceptors (Lipinski definition) is 3. The van der Waals surface area contributed by atoms with Gasteiger partial charge in [-0.1, -0.05) is 33.6 Å². The average molecular weight is 378 g/mol. The summed E-state index contributed by atoms with van der Waals surface area (Å²) < 4.78 is 11.8. The molecular weight excluding hydrogens is 358 g/mol. The zero-order valence-corrected chi connectivity index (χ0v) is 15.0. The van der Waals surface area contributed by atoms with Crippen LogP contribution in [0.5, 0.6) is 11.5 Å². The third-order valence-electron chi connectivity index (χ3n) is 3.41. The highest BCUT2D eigenvalue weighted by molar-refractivity contribution is 9.10. The number of aryl methyl sites for hydroxylation is 1. The number of carbonyl (C=O) groups excluding carboxylic acids is 1. The minimum absolute atomic E-state index is 0.0277. The Hall–Kier alpha value is -2.01. The number of ether oxygens (including phenoxy) is 2. The molecule has 1 amide bonds. The molecule has 0 aliphatic rings. The standard InChI is InChI=1S/C18H20BrNO3/c1-12-4-9-17(22-3)16(10-12)13(2)20-18(21)11-23-15-7-5-14(19)6-8-15/h4-10,13H,11H2,1-3H3,(H,20,21)/t13-/m0/s1. The Morgan fingerprint density at radius 3 is 2.57 bits per heavy atom. The number of halogens is 1. The van der Waals surface area contributed by atoms with E-state index in [4.69, 9.17) is 9.47 Å². The lowest BCUT2D eigenvalue weighted by Crippen LogP contribution is -2.31. The number of rotatable bonds is 6. The molecule has 2 aromatic rings. The first-order chi connectivity index (χ1) is 11.0. The van der Waals surface area contributed by atoms with Gasteiger partial charge in [-0.3, -0.25) is 4.79 Å². The SMILES string of the molecule is COc1ccc(C)cc1[C@H](C)NC(=O)COc1ccc(Br)cc1. The average Bonchev–Trinajstić information content (AvgIpc) is 2.54. The summed E-state index contributed by atoms with van der Waals surface area (Å²) in [5.74, 6) is 1.24. The summed E-state index contributed by atoms with van der Waals surface area (Å²) in [6.07, 6.45) is 0. The van der Waals surface area contributed by atoms with Crippen molar-refractivity contribution in [1.82, 2.24) is 5.32 Å². The van der Waals surface area contributed by atoms with Gasteiger partial charge in [-0.2, -0.15) is 0 Å². The minimum atomic E-state index is -0.177. The highest BCUT2D eigenvalue weighted by Crippen LogP contribution is 2.26. The fourth-order valence-corrected chi connectivity index (χ4v) is 2.50. The Balaban J connectivity index is 1.94. The first-order valence-electron chi connectivity index (χ1n) is 7.32. The van der Waals surface area contributed by atoms with Crippen LogP contribution >= 0.6 is 15.9 Å². The second kappa shape index (κ2) is 8.02. The van der Waals surface area contributed by atoms with Crippen LogP contribution in [0, 0.1) is 6.92 Å². The summed E-state index contributed by atoms with van der Waals surface area (Å²) in [6, 6.07) is 13.1. The molecule has 0 aliphatic heterocycles. The molecule has 2 rings (SSSR count). The van der Waals surface area contributed by atoms with E-state index in [1.54, 1.807) is 7.11 Å². The van der Waals surface area contributed by atoms with Gasteiger partial charge < -0.3 is 14.8 Å². The van der Waals surface area contributed by atoms with Crippen molar-refractivity contribution in [2.45, 2.75) is 19.9 Å². The van der Waals surface area contributed by atoms with Crippen LogP contribution in [-0.2, 0) is 4.79 Å². The van der Waals surface area contributed by atoms with Gasteiger partial charge >= 0.3 is 0 Å². The Bertz CT molecular complexity index is 670. The molecule has 0 aromatic heterocycles. The second-order valence-electron chi connectivity index (χ2n) is 5.28. The number of methoxy groups -OCH3 is 1. The lowest BCUT2D eigenvalue weighted by Gasteiger charge is -2.18. The molecule has 4 nitrogen and oxygen atoms in total. The molecule has 0 aliphatic carbocycles. The van der Waals surface area contributed by atoms with E-state index >= 15 is 0 Å². The maximum atomic E-state index is 12.1. The van der Waals surface area contributed by atoms with Gasteiger partial charge in [-0.25, -0.2) is 0 Å². The first-order valence-corrected chi connectivity index (χ1v) is 8.11. The molecule has 0 bridgehead atoms. The molecule has 0 radical (unpaired) electrons. The monoisotopic (exact) mass is 377 g/mol. The Labute approximate surface area is 144 Å². The van der Waals surface area contributed by atoms with Crippen LogP contribution in [0.15, 0.2) is 46.9 Å². The highest BCUT2D eigenvalue weighted by atomic mass is 79.9. The van der Waals surface area contributed by atoms with E-state index < -0.39 is 0 Å². The summed E-state index contributed by atoms with van der Waals surface area (Å²) in [5.41, 5.74) is 2.07. The lowest BCUT2D eigenvalue weighted by molar-refractivity contribution is -0.123. The van der Waals surface area contributed by atoms with E-state index in [-0.39, 0.29) is 18.6 Å². The van der Waals surface area contributed by atoms with Crippen LogP contribution in [0.1, 0.15) is 24.1 Å². The lowest BCUT2D eigenvalue weighted by atomic mass is 10.0. The summed E-state index contributed by atoms with van der Waals surface area (Å²) in [5, 5.41) is 2.93. The molecule has 122 valence electrons. The minimum Gasteiger partial charge on any atom is -0.496 e. The first kappa shape index (κ1) is 17.3. The topological polar surface area (TPSA) is 47.6 Å². The quantitative estimate of drug-likeness (QED) is 0.826. The zero-order valence-electron chi connectivity index (χ0n) is 13.4. The van der Waals surface area contributed by atoms with Crippen molar-refractivity contribution >= 4 is 21.8 Å².